The Morgan fingerprint density at radius 3 is 2.79 bits per heavy atom. The molecule has 200 valence electrons. The number of aromatic amines is 1. The van der Waals surface area contributed by atoms with E-state index in [1.807, 2.05) is 37.3 Å². The molecular formula is C29H36N6O2S. The highest BCUT2D eigenvalue weighted by Gasteiger charge is 2.30. The van der Waals surface area contributed by atoms with E-state index in [0.29, 0.717) is 22.2 Å². The number of nitrogens with two attached hydrogens (primary N) is 1. The standard InChI is InChI=1S/C29H36N6O2S/c1-16-10-23(35-34-16)26(36)31-21-7-5-6-17(13-21)24(15-30)32-27(37)25-14-19-11-18-12-20(29(2,3)4)8-9-22(18)33-28(19)38-25/h5-7,10-11,13-14,20,24,26,31,36H,8-9,12,15,30H2,1-4H3,(H,32,37)(H,34,35)/t20-,24-,26?/m1/s1. The average molecular weight is 533 g/mol. The van der Waals surface area contributed by atoms with E-state index < -0.39 is 6.23 Å². The van der Waals surface area contributed by atoms with Crippen LogP contribution in [0.15, 0.2) is 42.5 Å². The van der Waals surface area contributed by atoms with E-state index in [1.54, 1.807) is 6.07 Å². The summed E-state index contributed by atoms with van der Waals surface area (Å²) in [5.74, 6) is 0.468. The molecule has 0 saturated carbocycles. The van der Waals surface area contributed by atoms with Crippen LogP contribution in [0.5, 0.6) is 0 Å². The number of hydrogen-bond acceptors (Lipinski definition) is 7. The number of anilines is 1. The van der Waals surface area contributed by atoms with Crippen molar-refractivity contribution in [2.75, 3.05) is 11.9 Å². The Labute approximate surface area is 227 Å². The number of thiophene rings is 1. The summed E-state index contributed by atoms with van der Waals surface area (Å²) in [7, 11) is 0. The zero-order chi connectivity index (χ0) is 27.0. The first-order valence-electron chi connectivity index (χ1n) is 13.1. The van der Waals surface area contributed by atoms with Crippen LogP contribution in [0.1, 0.15) is 77.3 Å². The van der Waals surface area contributed by atoms with Gasteiger partial charge in [0.05, 0.1) is 10.9 Å². The Bertz CT molecular complexity index is 1450. The van der Waals surface area contributed by atoms with E-state index in [0.717, 1.165) is 40.7 Å². The molecule has 5 rings (SSSR count). The summed E-state index contributed by atoms with van der Waals surface area (Å²) < 4.78 is 0. The minimum absolute atomic E-state index is 0.167. The van der Waals surface area contributed by atoms with Gasteiger partial charge in [0.1, 0.15) is 10.5 Å². The maximum Gasteiger partial charge on any atom is 0.261 e. The van der Waals surface area contributed by atoms with Gasteiger partial charge >= 0.3 is 0 Å². The lowest BCUT2D eigenvalue weighted by Gasteiger charge is -2.34. The first-order chi connectivity index (χ1) is 18.1. The summed E-state index contributed by atoms with van der Waals surface area (Å²) >= 11 is 1.42. The van der Waals surface area contributed by atoms with Gasteiger partial charge in [0.15, 0.2) is 6.23 Å². The normalized spacial score (nSPS) is 17.2. The van der Waals surface area contributed by atoms with Crippen molar-refractivity contribution in [3.8, 4) is 0 Å². The molecule has 0 radical (unpaired) electrons. The van der Waals surface area contributed by atoms with Gasteiger partial charge in [0, 0.05) is 29.0 Å². The molecule has 3 atom stereocenters. The minimum atomic E-state index is -0.961. The second kappa shape index (κ2) is 10.5. The maximum absolute atomic E-state index is 13.3. The van der Waals surface area contributed by atoms with Crippen molar-refractivity contribution in [1.29, 1.82) is 0 Å². The molecule has 1 aliphatic carbocycles. The Hall–Kier alpha value is -3.27. The fourth-order valence-electron chi connectivity index (χ4n) is 5.14. The fourth-order valence-corrected chi connectivity index (χ4v) is 6.08. The first-order valence-corrected chi connectivity index (χ1v) is 13.9. The van der Waals surface area contributed by atoms with Gasteiger partial charge < -0.3 is 21.5 Å². The van der Waals surface area contributed by atoms with Crippen LogP contribution in [0.3, 0.4) is 0 Å². The van der Waals surface area contributed by atoms with Gasteiger partial charge in [-0.15, -0.1) is 11.3 Å². The van der Waals surface area contributed by atoms with Crippen LogP contribution in [-0.2, 0) is 12.8 Å². The van der Waals surface area contributed by atoms with Gasteiger partial charge in [-0.1, -0.05) is 32.9 Å². The molecule has 1 amide bonds. The maximum atomic E-state index is 13.3. The molecule has 1 aromatic carbocycles. The average Bonchev–Trinajstić information content (AvgIpc) is 3.51. The van der Waals surface area contributed by atoms with Gasteiger partial charge in [-0.3, -0.25) is 9.89 Å². The molecule has 3 aromatic heterocycles. The van der Waals surface area contributed by atoms with Crippen molar-refractivity contribution in [1.82, 2.24) is 20.5 Å². The van der Waals surface area contributed by atoms with Gasteiger partial charge in [0.2, 0.25) is 0 Å². The molecular weight excluding hydrogens is 496 g/mol. The van der Waals surface area contributed by atoms with E-state index in [-0.39, 0.29) is 23.9 Å². The summed E-state index contributed by atoms with van der Waals surface area (Å²) in [5, 5.41) is 24.6. The number of H-pyrrole nitrogens is 1. The zero-order valence-electron chi connectivity index (χ0n) is 22.3. The highest BCUT2D eigenvalue weighted by atomic mass is 32.1. The molecule has 0 spiro atoms. The van der Waals surface area contributed by atoms with E-state index >= 15 is 0 Å². The second-order valence-corrected chi connectivity index (χ2v) is 12.3. The molecule has 3 heterocycles. The lowest BCUT2D eigenvalue weighted by atomic mass is 9.71. The molecule has 4 aromatic rings. The summed E-state index contributed by atoms with van der Waals surface area (Å²) in [6, 6.07) is 13.1. The lowest BCUT2D eigenvalue weighted by Crippen LogP contribution is -2.33. The molecule has 9 heteroatoms. The number of nitrogens with zero attached hydrogens (tertiary/aromatic N) is 2. The van der Waals surface area contributed by atoms with Crippen LogP contribution in [0.25, 0.3) is 10.2 Å². The van der Waals surface area contributed by atoms with Crippen molar-refractivity contribution < 1.29 is 9.90 Å². The van der Waals surface area contributed by atoms with E-state index in [2.05, 4.69) is 47.7 Å². The molecule has 1 unspecified atom stereocenters. The topological polar surface area (TPSA) is 129 Å². The molecule has 0 saturated heterocycles. The van der Waals surface area contributed by atoms with Crippen molar-refractivity contribution in [2.45, 2.75) is 59.2 Å². The number of aliphatic hydroxyl groups is 1. The van der Waals surface area contributed by atoms with Crippen molar-refractivity contribution in [3.05, 3.63) is 75.6 Å². The van der Waals surface area contributed by atoms with Crippen molar-refractivity contribution >= 4 is 33.1 Å². The molecule has 0 bridgehead atoms. The zero-order valence-corrected chi connectivity index (χ0v) is 23.2. The molecule has 1 aliphatic rings. The number of benzene rings is 1. The molecule has 0 aliphatic heterocycles. The number of pyridine rings is 1. The predicted molar refractivity (Wildman–Crippen MR) is 152 cm³/mol. The number of aromatic nitrogens is 3. The predicted octanol–water partition coefficient (Wildman–Crippen LogP) is 5.01. The molecule has 6 N–H and O–H groups in total. The van der Waals surface area contributed by atoms with E-state index in [4.69, 9.17) is 10.7 Å². The Morgan fingerprint density at radius 2 is 2.08 bits per heavy atom. The number of hydrogen-bond donors (Lipinski definition) is 5. The third-order valence-corrected chi connectivity index (χ3v) is 8.50. The molecule has 0 fully saturated rings. The Kier molecular flexibility index (Phi) is 7.26. The van der Waals surface area contributed by atoms with E-state index in [1.165, 1.54) is 22.6 Å². The summed E-state index contributed by atoms with van der Waals surface area (Å²) in [6.45, 7) is 9.04. The lowest BCUT2D eigenvalue weighted by molar-refractivity contribution is 0.0942. The quantitative estimate of drug-likeness (QED) is 0.213. The largest absolute Gasteiger partial charge is 0.368 e. The van der Waals surface area contributed by atoms with Crippen molar-refractivity contribution in [3.63, 3.8) is 0 Å². The Balaban J connectivity index is 1.30. The van der Waals surface area contributed by atoms with Gasteiger partial charge in [-0.05, 0) is 79.0 Å². The SMILES string of the molecule is Cc1cc(C(O)Nc2cccc([C@@H](CN)NC(=O)c3cc4cc5c(nc4s3)CC[C@@H](C(C)(C)C)C5)c2)n[nH]1. The minimum Gasteiger partial charge on any atom is -0.368 e. The van der Waals surface area contributed by atoms with Crippen LogP contribution < -0.4 is 16.4 Å². The number of nitrogens with one attached hydrogen (secondary N) is 3. The number of aliphatic hydroxyl groups excluding tert-OH is 1. The van der Waals surface area contributed by atoms with Crippen LogP contribution in [0.2, 0.25) is 0 Å². The number of carbonyl (C=O) groups is 1. The molecule has 38 heavy (non-hydrogen) atoms. The van der Waals surface area contributed by atoms with Crippen LogP contribution in [0.4, 0.5) is 5.69 Å². The third-order valence-electron chi connectivity index (χ3n) is 7.46. The van der Waals surface area contributed by atoms with Gasteiger partial charge in [-0.2, -0.15) is 5.10 Å². The van der Waals surface area contributed by atoms with Gasteiger partial charge in [-0.25, -0.2) is 4.98 Å². The van der Waals surface area contributed by atoms with Crippen LogP contribution >= 0.6 is 11.3 Å². The Morgan fingerprint density at radius 1 is 1.26 bits per heavy atom. The first kappa shape index (κ1) is 26.3. The number of fused-ring (bicyclic) bond motifs is 2. The monoisotopic (exact) mass is 532 g/mol. The van der Waals surface area contributed by atoms with Crippen LogP contribution in [-0.4, -0.2) is 32.7 Å². The number of amides is 1. The van der Waals surface area contributed by atoms with E-state index in [9.17, 15) is 9.90 Å². The highest BCUT2D eigenvalue weighted by Crippen LogP contribution is 2.38. The third kappa shape index (κ3) is 5.60. The summed E-state index contributed by atoms with van der Waals surface area (Å²) in [4.78, 5) is 19.7. The summed E-state index contributed by atoms with van der Waals surface area (Å²) in [6.07, 6.45) is 2.21. The van der Waals surface area contributed by atoms with Gasteiger partial charge in [0.25, 0.3) is 5.91 Å². The highest BCUT2D eigenvalue weighted by molar-refractivity contribution is 7.20. The summed E-state index contributed by atoms with van der Waals surface area (Å²) in [5.41, 5.74) is 11.7. The second-order valence-electron chi connectivity index (χ2n) is 11.3. The number of aryl methyl sites for hydroxylation is 2. The van der Waals surface area contributed by atoms with Crippen LogP contribution in [0, 0.1) is 18.3 Å². The number of carbonyl (C=O) groups excluding carboxylic acids is 1. The smallest absolute Gasteiger partial charge is 0.261 e. The number of rotatable bonds is 7. The fraction of sp³-hybridized carbons (Fsp3) is 0.414. The molecule has 8 nitrogen and oxygen atoms in total. The van der Waals surface area contributed by atoms with Crippen molar-refractivity contribution in [2.24, 2.45) is 17.1 Å².